The monoisotopic (exact) mass is 246 g/mol. The maximum Gasteiger partial charge on any atom is 0.178 e. The molecule has 4 heteroatoms. The van der Waals surface area contributed by atoms with Crippen molar-refractivity contribution >= 4 is 21.4 Å². The average molecular weight is 247 g/mol. The van der Waals surface area contributed by atoms with Crippen LogP contribution in [0.2, 0.25) is 5.02 Å². The molecule has 84 valence electrons. The van der Waals surface area contributed by atoms with Gasteiger partial charge < -0.3 is 0 Å². The van der Waals surface area contributed by atoms with E-state index in [2.05, 4.69) is 6.92 Å². The van der Waals surface area contributed by atoms with Gasteiger partial charge in [-0.1, -0.05) is 31.4 Å². The molecule has 0 aromatic heterocycles. The van der Waals surface area contributed by atoms with Crippen LogP contribution < -0.4 is 0 Å². The highest BCUT2D eigenvalue weighted by atomic mass is 35.5. The molecule has 2 nitrogen and oxygen atoms in total. The van der Waals surface area contributed by atoms with Gasteiger partial charge in [0.25, 0.3) is 0 Å². The Hall–Kier alpha value is -0.540. The predicted octanol–water partition coefficient (Wildman–Crippen LogP) is 3.30. The summed E-state index contributed by atoms with van der Waals surface area (Å²) in [5, 5.41) is 0.558. The molecular weight excluding hydrogens is 232 g/mol. The van der Waals surface area contributed by atoms with Crippen LogP contribution >= 0.6 is 11.6 Å². The van der Waals surface area contributed by atoms with Crippen LogP contribution in [0.25, 0.3) is 0 Å². The van der Waals surface area contributed by atoms with Gasteiger partial charge in [0, 0.05) is 5.02 Å². The Bertz CT molecular complexity index is 395. The van der Waals surface area contributed by atoms with Crippen molar-refractivity contribution in [1.82, 2.24) is 0 Å². The predicted molar refractivity (Wildman–Crippen MR) is 63.0 cm³/mol. The highest BCUT2D eigenvalue weighted by molar-refractivity contribution is 7.91. The van der Waals surface area contributed by atoms with E-state index in [1.807, 2.05) is 0 Å². The van der Waals surface area contributed by atoms with Crippen LogP contribution in [0.5, 0.6) is 0 Å². The molecule has 0 heterocycles. The largest absolute Gasteiger partial charge is 0.224 e. The van der Waals surface area contributed by atoms with Crippen molar-refractivity contribution in [1.29, 1.82) is 0 Å². The number of sulfone groups is 1. The first-order valence-electron chi connectivity index (χ1n) is 5.04. The molecule has 0 radical (unpaired) electrons. The lowest BCUT2D eigenvalue weighted by Crippen LogP contribution is -2.06. The third kappa shape index (κ3) is 3.84. The Morgan fingerprint density at radius 2 is 1.73 bits per heavy atom. The molecule has 0 aliphatic carbocycles. The van der Waals surface area contributed by atoms with Gasteiger partial charge in [-0.2, -0.15) is 0 Å². The maximum atomic E-state index is 11.8. The van der Waals surface area contributed by atoms with Gasteiger partial charge >= 0.3 is 0 Å². The Morgan fingerprint density at radius 1 is 1.13 bits per heavy atom. The third-order valence-corrected chi connectivity index (χ3v) is 4.26. The molecule has 1 aromatic rings. The molecule has 0 aliphatic heterocycles. The van der Waals surface area contributed by atoms with Crippen molar-refractivity contribution in [3.8, 4) is 0 Å². The molecule has 0 spiro atoms. The Morgan fingerprint density at radius 3 is 2.27 bits per heavy atom. The quantitative estimate of drug-likeness (QED) is 0.747. The fourth-order valence-corrected chi connectivity index (χ4v) is 2.80. The molecule has 0 saturated heterocycles. The van der Waals surface area contributed by atoms with Crippen LogP contribution in [-0.4, -0.2) is 14.2 Å². The van der Waals surface area contributed by atoms with E-state index in [9.17, 15) is 8.42 Å². The topological polar surface area (TPSA) is 34.1 Å². The van der Waals surface area contributed by atoms with Crippen molar-refractivity contribution < 1.29 is 8.42 Å². The number of rotatable bonds is 5. The van der Waals surface area contributed by atoms with Gasteiger partial charge in [-0.05, 0) is 30.7 Å². The van der Waals surface area contributed by atoms with Gasteiger partial charge in [-0.3, -0.25) is 0 Å². The highest BCUT2D eigenvalue weighted by Crippen LogP contribution is 2.16. The van der Waals surface area contributed by atoms with Gasteiger partial charge in [0.05, 0.1) is 10.6 Å². The lowest BCUT2D eigenvalue weighted by atomic mass is 10.3. The summed E-state index contributed by atoms with van der Waals surface area (Å²) in [6.45, 7) is 2.05. The molecule has 1 rings (SSSR count). The molecule has 0 amide bonds. The standard InChI is InChI=1S/C11H15ClO2S/c1-2-3-4-9-15(13,14)11-7-5-10(12)6-8-11/h5-8H,2-4,9H2,1H3. The van der Waals surface area contributed by atoms with Gasteiger partial charge in [0.1, 0.15) is 0 Å². The minimum atomic E-state index is -3.11. The molecule has 15 heavy (non-hydrogen) atoms. The van der Waals surface area contributed by atoms with Crippen LogP contribution in [0.15, 0.2) is 29.2 Å². The minimum Gasteiger partial charge on any atom is -0.224 e. The molecule has 0 fully saturated rings. The molecule has 0 unspecified atom stereocenters. The highest BCUT2D eigenvalue weighted by Gasteiger charge is 2.12. The van der Waals surface area contributed by atoms with E-state index >= 15 is 0 Å². The lowest BCUT2D eigenvalue weighted by Gasteiger charge is -2.03. The van der Waals surface area contributed by atoms with Crippen LogP contribution in [-0.2, 0) is 9.84 Å². The second-order valence-electron chi connectivity index (χ2n) is 3.48. The zero-order chi connectivity index (χ0) is 11.3. The first kappa shape index (κ1) is 12.5. The molecule has 0 atom stereocenters. The Balaban J connectivity index is 2.73. The first-order chi connectivity index (χ1) is 7.06. The molecule has 0 saturated carbocycles. The summed E-state index contributed by atoms with van der Waals surface area (Å²) in [6.07, 6.45) is 2.70. The fraction of sp³-hybridized carbons (Fsp3) is 0.455. The normalized spacial score (nSPS) is 11.6. The van der Waals surface area contributed by atoms with Crippen LogP contribution in [0.3, 0.4) is 0 Å². The SMILES string of the molecule is CCCCCS(=O)(=O)c1ccc(Cl)cc1. The summed E-state index contributed by atoms with van der Waals surface area (Å²) in [5.41, 5.74) is 0. The summed E-state index contributed by atoms with van der Waals surface area (Å²) < 4.78 is 23.6. The average Bonchev–Trinajstić information content (AvgIpc) is 2.18. The number of unbranched alkanes of at least 4 members (excludes halogenated alkanes) is 2. The summed E-state index contributed by atoms with van der Waals surface area (Å²) in [5.74, 6) is 0.225. The summed E-state index contributed by atoms with van der Waals surface area (Å²) in [6, 6.07) is 6.33. The van der Waals surface area contributed by atoms with Crippen molar-refractivity contribution in [3.05, 3.63) is 29.3 Å². The van der Waals surface area contributed by atoms with Crippen LogP contribution in [0.1, 0.15) is 26.2 Å². The van der Waals surface area contributed by atoms with E-state index < -0.39 is 9.84 Å². The summed E-state index contributed by atoms with van der Waals surface area (Å²) in [7, 11) is -3.11. The van der Waals surface area contributed by atoms with Crippen molar-refractivity contribution in [2.45, 2.75) is 31.1 Å². The molecule has 0 bridgehead atoms. The Kier molecular flexibility index (Phi) is 4.61. The fourth-order valence-electron chi connectivity index (χ4n) is 1.30. The van der Waals surface area contributed by atoms with E-state index in [1.54, 1.807) is 24.3 Å². The number of hydrogen-bond donors (Lipinski definition) is 0. The summed E-state index contributed by atoms with van der Waals surface area (Å²) in [4.78, 5) is 0.364. The third-order valence-electron chi connectivity index (χ3n) is 2.19. The molecular formula is C11H15ClO2S. The van der Waals surface area contributed by atoms with Crippen LogP contribution in [0.4, 0.5) is 0 Å². The van der Waals surface area contributed by atoms with E-state index in [0.717, 1.165) is 19.3 Å². The van der Waals surface area contributed by atoms with Crippen molar-refractivity contribution in [3.63, 3.8) is 0 Å². The molecule has 1 aromatic carbocycles. The summed E-state index contributed by atoms with van der Waals surface area (Å²) >= 11 is 5.69. The van der Waals surface area contributed by atoms with E-state index in [-0.39, 0.29) is 5.75 Å². The zero-order valence-electron chi connectivity index (χ0n) is 8.74. The van der Waals surface area contributed by atoms with Gasteiger partial charge in [0.15, 0.2) is 9.84 Å². The van der Waals surface area contributed by atoms with Crippen LogP contribution in [0, 0.1) is 0 Å². The van der Waals surface area contributed by atoms with E-state index in [0.29, 0.717) is 9.92 Å². The van der Waals surface area contributed by atoms with E-state index in [1.165, 1.54) is 0 Å². The number of hydrogen-bond acceptors (Lipinski definition) is 2. The Labute approximate surface area is 96.2 Å². The van der Waals surface area contributed by atoms with E-state index in [4.69, 9.17) is 11.6 Å². The minimum absolute atomic E-state index is 0.225. The van der Waals surface area contributed by atoms with Gasteiger partial charge in [-0.15, -0.1) is 0 Å². The second-order valence-corrected chi connectivity index (χ2v) is 6.03. The zero-order valence-corrected chi connectivity index (χ0v) is 10.3. The van der Waals surface area contributed by atoms with Gasteiger partial charge in [0.2, 0.25) is 0 Å². The lowest BCUT2D eigenvalue weighted by molar-refractivity contribution is 0.591. The first-order valence-corrected chi connectivity index (χ1v) is 7.07. The molecule has 0 N–H and O–H groups in total. The van der Waals surface area contributed by atoms with Crippen molar-refractivity contribution in [2.24, 2.45) is 0 Å². The van der Waals surface area contributed by atoms with Gasteiger partial charge in [-0.25, -0.2) is 8.42 Å². The van der Waals surface area contributed by atoms with Crippen molar-refractivity contribution in [2.75, 3.05) is 5.75 Å². The maximum absolute atomic E-state index is 11.8. The number of benzene rings is 1. The smallest absolute Gasteiger partial charge is 0.178 e. The second kappa shape index (κ2) is 5.52. The molecule has 0 aliphatic rings. The number of halogens is 1.